The molecule has 0 fully saturated rings. The lowest BCUT2D eigenvalue weighted by Crippen LogP contribution is -2.12. The van der Waals surface area contributed by atoms with Crippen LogP contribution in [0.3, 0.4) is 0 Å². The fraction of sp³-hybridized carbons (Fsp3) is 0.412. The van der Waals surface area contributed by atoms with Crippen molar-refractivity contribution in [3.8, 4) is 11.5 Å². The molecule has 1 aromatic carbocycles. The summed E-state index contributed by atoms with van der Waals surface area (Å²) in [5.41, 5.74) is 1.41. The number of hydrogen-bond acceptors (Lipinski definition) is 5. The fourth-order valence-electron chi connectivity index (χ4n) is 1.89. The molecule has 0 radical (unpaired) electrons. The zero-order valence-electron chi connectivity index (χ0n) is 13.7. The number of nitrogens with one attached hydrogen (secondary N) is 1. The van der Waals surface area contributed by atoms with Crippen LogP contribution in [0, 0.1) is 6.92 Å². The van der Waals surface area contributed by atoms with Gasteiger partial charge in [-0.15, -0.1) is 11.3 Å². The molecule has 0 aliphatic carbocycles. The number of rotatable bonds is 8. The molecule has 0 unspecified atom stereocenters. The number of aromatic nitrogens is 1. The normalized spacial score (nSPS) is 10.4. The van der Waals surface area contributed by atoms with Crippen molar-refractivity contribution in [2.75, 3.05) is 18.5 Å². The number of hydrogen-bond donors (Lipinski definition) is 1. The third-order valence-corrected chi connectivity index (χ3v) is 3.84. The Hall–Kier alpha value is -2.08. The Labute approximate surface area is 140 Å². The molecule has 1 heterocycles. The van der Waals surface area contributed by atoms with Gasteiger partial charge in [0.25, 0.3) is 5.91 Å². The van der Waals surface area contributed by atoms with Gasteiger partial charge in [0.2, 0.25) is 0 Å². The molecule has 0 aliphatic heterocycles. The van der Waals surface area contributed by atoms with Crippen LogP contribution >= 0.6 is 11.3 Å². The van der Waals surface area contributed by atoms with Crippen LogP contribution in [0.4, 0.5) is 5.13 Å². The van der Waals surface area contributed by atoms with Crippen molar-refractivity contribution in [3.63, 3.8) is 0 Å². The van der Waals surface area contributed by atoms with Crippen molar-refractivity contribution in [1.82, 2.24) is 4.98 Å². The molecular weight excluding hydrogens is 312 g/mol. The molecule has 0 saturated heterocycles. The Bertz CT molecular complexity index is 655. The topological polar surface area (TPSA) is 60.5 Å². The molecule has 0 atom stereocenters. The van der Waals surface area contributed by atoms with Crippen LogP contribution in [0.15, 0.2) is 23.6 Å². The van der Waals surface area contributed by atoms with E-state index in [2.05, 4.69) is 10.3 Å². The van der Waals surface area contributed by atoms with Gasteiger partial charge in [-0.05, 0) is 38.0 Å². The van der Waals surface area contributed by atoms with Gasteiger partial charge in [0.15, 0.2) is 16.6 Å². The van der Waals surface area contributed by atoms with Gasteiger partial charge in [0.1, 0.15) is 0 Å². The van der Waals surface area contributed by atoms with E-state index < -0.39 is 0 Å². The smallest absolute Gasteiger partial charge is 0.257 e. The maximum absolute atomic E-state index is 12.3. The molecular formula is C17H22N2O3S. The number of carbonyl (C=O) groups is 1. The molecule has 0 bridgehead atoms. The maximum atomic E-state index is 12.3. The number of anilines is 1. The summed E-state index contributed by atoms with van der Waals surface area (Å²) in [6.45, 7) is 7.17. The monoisotopic (exact) mass is 334 g/mol. The minimum absolute atomic E-state index is 0.206. The summed E-state index contributed by atoms with van der Waals surface area (Å²) in [4.78, 5) is 16.6. The number of carbonyl (C=O) groups excluding carboxylic acids is 1. The lowest BCUT2D eigenvalue weighted by Gasteiger charge is -2.13. The van der Waals surface area contributed by atoms with Crippen molar-refractivity contribution in [2.45, 2.75) is 33.6 Å². The summed E-state index contributed by atoms with van der Waals surface area (Å²) in [6, 6.07) is 5.23. The summed E-state index contributed by atoms with van der Waals surface area (Å²) in [5, 5.41) is 5.29. The van der Waals surface area contributed by atoms with Crippen LogP contribution < -0.4 is 14.8 Å². The Morgan fingerprint density at radius 3 is 2.48 bits per heavy atom. The molecule has 6 heteroatoms. The number of amides is 1. The van der Waals surface area contributed by atoms with Crippen molar-refractivity contribution >= 4 is 22.4 Å². The molecule has 124 valence electrons. The number of thiazole rings is 1. The quantitative estimate of drug-likeness (QED) is 0.782. The highest BCUT2D eigenvalue weighted by Crippen LogP contribution is 2.29. The van der Waals surface area contributed by atoms with E-state index in [1.807, 2.05) is 26.2 Å². The zero-order chi connectivity index (χ0) is 16.7. The first-order valence-electron chi connectivity index (χ1n) is 7.77. The average Bonchev–Trinajstić information content (AvgIpc) is 2.96. The molecule has 2 rings (SSSR count). The van der Waals surface area contributed by atoms with E-state index in [0.717, 1.165) is 18.5 Å². The molecule has 1 aromatic heterocycles. The van der Waals surface area contributed by atoms with Crippen LogP contribution in [0.1, 0.15) is 42.7 Å². The van der Waals surface area contributed by atoms with Gasteiger partial charge < -0.3 is 9.47 Å². The predicted molar refractivity (Wildman–Crippen MR) is 92.8 cm³/mol. The van der Waals surface area contributed by atoms with Crippen LogP contribution in [0.5, 0.6) is 11.5 Å². The molecule has 2 aromatic rings. The van der Waals surface area contributed by atoms with Crippen LogP contribution in [0.25, 0.3) is 0 Å². The Balaban J connectivity index is 2.15. The van der Waals surface area contributed by atoms with Gasteiger partial charge in [0, 0.05) is 10.9 Å². The van der Waals surface area contributed by atoms with E-state index in [-0.39, 0.29) is 5.91 Å². The van der Waals surface area contributed by atoms with Gasteiger partial charge >= 0.3 is 0 Å². The van der Waals surface area contributed by atoms with Crippen molar-refractivity contribution < 1.29 is 14.3 Å². The van der Waals surface area contributed by atoms with E-state index in [9.17, 15) is 4.79 Å². The minimum atomic E-state index is -0.206. The number of aryl methyl sites for hydroxylation is 1. The lowest BCUT2D eigenvalue weighted by molar-refractivity contribution is 0.102. The van der Waals surface area contributed by atoms with Crippen molar-refractivity contribution in [3.05, 3.63) is 34.8 Å². The van der Waals surface area contributed by atoms with Gasteiger partial charge in [-0.2, -0.15) is 0 Å². The second kappa shape index (κ2) is 8.53. The van der Waals surface area contributed by atoms with Gasteiger partial charge in [0.05, 0.1) is 18.9 Å². The first-order valence-corrected chi connectivity index (χ1v) is 8.65. The maximum Gasteiger partial charge on any atom is 0.257 e. The van der Waals surface area contributed by atoms with E-state index in [1.165, 1.54) is 11.3 Å². The molecule has 5 nitrogen and oxygen atoms in total. The number of nitrogens with zero attached hydrogens (tertiary/aromatic N) is 1. The van der Waals surface area contributed by atoms with Crippen molar-refractivity contribution in [1.29, 1.82) is 0 Å². The van der Waals surface area contributed by atoms with E-state index >= 15 is 0 Å². The fourth-order valence-corrected chi connectivity index (χ4v) is 2.57. The molecule has 0 saturated carbocycles. The molecule has 0 spiro atoms. The van der Waals surface area contributed by atoms with Gasteiger partial charge in [-0.1, -0.05) is 13.8 Å². The lowest BCUT2D eigenvalue weighted by atomic mass is 10.2. The highest BCUT2D eigenvalue weighted by Gasteiger charge is 2.13. The highest BCUT2D eigenvalue weighted by molar-refractivity contribution is 7.13. The first kappa shape index (κ1) is 17.3. The Morgan fingerprint density at radius 1 is 1.17 bits per heavy atom. The summed E-state index contributed by atoms with van der Waals surface area (Å²) >= 11 is 1.41. The highest BCUT2D eigenvalue weighted by atomic mass is 32.1. The summed E-state index contributed by atoms with van der Waals surface area (Å²) in [5.74, 6) is 1.06. The molecule has 0 aliphatic rings. The van der Waals surface area contributed by atoms with E-state index in [0.29, 0.717) is 35.4 Å². The third kappa shape index (κ3) is 4.96. The van der Waals surface area contributed by atoms with E-state index in [1.54, 1.807) is 18.2 Å². The first-order chi connectivity index (χ1) is 11.1. The summed E-state index contributed by atoms with van der Waals surface area (Å²) < 4.78 is 11.4. The third-order valence-electron chi connectivity index (χ3n) is 2.97. The van der Waals surface area contributed by atoms with Crippen molar-refractivity contribution in [2.24, 2.45) is 0 Å². The SMILES string of the molecule is CCCOc1ccc(C(=O)Nc2nc(C)cs2)cc1OCCC. The van der Waals surface area contributed by atoms with E-state index in [4.69, 9.17) is 9.47 Å². The Morgan fingerprint density at radius 2 is 1.87 bits per heavy atom. The minimum Gasteiger partial charge on any atom is -0.490 e. The second-order valence-electron chi connectivity index (χ2n) is 5.11. The molecule has 1 amide bonds. The van der Waals surface area contributed by atoms with Gasteiger partial charge in [-0.3, -0.25) is 10.1 Å². The largest absolute Gasteiger partial charge is 0.490 e. The van der Waals surface area contributed by atoms with Gasteiger partial charge in [-0.25, -0.2) is 4.98 Å². The Kier molecular flexibility index (Phi) is 6.40. The van der Waals surface area contributed by atoms with Crippen LogP contribution in [0.2, 0.25) is 0 Å². The number of ether oxygens (including phenoxy) is 2. The molecule has 23 heavy (non-hydrogen) atoms. The standard InChI is InChI=1S/C17H22N2O3S/c1-4-8-21-14-7-6-13(10-15(14)22-9-5-2)16(20)19-17-18-12(3)11-23-17/h6-7,10-11H,4-5,8-9H2,1-3H3,(H,18,19,20). The second-order valence-corrected chi connectivity index (χ2v) is 5.96. The predicted octanol–water partition coefficient (Wildman–Crippen LogP) is 4.28. The summed E-state index contributed by atoms with van der Waals surface area (Å²) in [6.07, 6.45) is 1.81. The average molecular weight is 334 g/mol. The number of benzene rings is 1. The molecule has 1 N–H and O–H groups in total. The zero-order valence-corrected chi connectivity index (χ0v) is 14.5. The van der Waals surface area contributed by atoms with Crippen LogP contribution in [-0.4, -0.2) is 24.1 Å². The summed E-state index contributed by atoms with van der Waals surface area (Å²) in [7, 11) is 0. The van der Waals surface area contributed by atoms with Crippen LogP contribution in [-0.2, 0) is 0 Å².